The van der Waals surface area contributed by atoms with Crippen LogP contribution in [0.5, 0.6) is 0 Å². The van der Waals surface area contributed by atoms with Gasteiger partial charge in [0.1, 0.15) is 6.61 Å². The summed E-state index contributed by atoms with van der Waals surface area (Å²) in [6.45, 7) is 2.09. The fourth-order valence-electron chi connectivity index (χ4n) is 0.812. The van der Waals surface area contributed by atoms with Crippen molar-refractivity contribution in [3.8, 4) is 0 Å². The standard InChI is InChI=1S/C8H12N2O2/c1-3-8(11)12-6-7-4-9-10(2)5-7/h4-5H,3,6H2,1-2H3. The van der Waals surface area contributed by atoms with E-state index in [-0.39, 0.29) is 5.97 Å². The highest BCUT2D eigenvalue weighted by atomic mass is 16.5. The molecule has 0 aliphatic carbocycles. The van der Waals surface area contributed by atoms with E-state index in [0.29, 0.717) is 13.0 Å². The molecule has 0 aliphatic heterocycles. The van der Waals surface area contributed by atoms with Gasteiger partial charge in [0.2, 0.25) is 0 Å². The predicted octanol–water partition coefficient (Wildman–Crippen LogP) is 0.873. The topological polar surface area (TPSA) is 44.1 Å². The second-order valence-electron chi connectivity index (χ2n) is 2.54. The zero-order valence-electron chi connectivity index (χ0n) is 7.28. The summed E-state index contributed by atoms with van der Waals surface area (Å²) >= 11 is 0. The number of hydrogen-bond acceptors (Lipinski definition) is 3. The third kappa shape index (κ3) is 2.38. The number of esters is 1. The molecule has 0 radical (unpaired) electrons. The molecular weight excluding hydrogens is 156 g/mol. The molecule has 1 rings (SSSR count). The van der Waals surface area contributed by atoms with Crippen LogP contribution in [0.25, 0.3) is 0 Å². The van der Waals surface area contributed by atoms with E-state index in [4.69, 9.17) is 4.74 Å². The summed E-state index contributed by atoms with van der Waals surface area (Å²) in [5, 5.41) is 3.95. The molecule has 0 aliphatic rings. The van der Waals surface area contributed by atoms with Gasteiger partial charge >= 0.3 is 5.97 Å². The lowest BCUT2D eigenvalue weighted by Crippen LogP contribution is -2.01. The van der Waals surface area contributed by atoms with Crippen LogP contribution in [0, 0.1) is 0 Å². The highest BCUT2D eigenvalue weighted by molar-refractivity contribution is 5.68. The maximum absolute atomic E-state index is 10.7. The Kier molecular flexibility index (Phi) is 2.85. The minimum atomic E-state index is -0.182. The average Bonchev–Trinajstić information content (AvgIpc) is 2.47. The fourth-order valence-corrected chi connectivity index (χ4v) is 0.812. The van der Waals surface area contributed by atoms with E-state index in [1.807, 2.05) is 13.2 Å². The largest absolute Gasteiger partial charge is 0.461 e. The van der Waals surface area contributed by atoms with Crippen molar-refractivity contribution >= 4 is 5.97 Å². The van der Waals surface area contributed by atoms with Crippen molar-refractivity contribution < 1.29 is 9.53 Å². The number of ether oxygens (including phenoxy) is 1. The lowest BCUT2D eigenvalue weighted by Gasteiger charge is -1.98. The number of aryl methyl sites for hydroxylation is 1. The number of nitrogens with zero attached hydrogens (tertiary/aromatic N) is 2. The van der Waals surface area contributed by atoms with Gasteiger partial charge in [0.15, 0.2) is 0 Å². The summed E-state index contributed by atoms with van der Waals surface area (Å²) in [6, 6.07) is 0. The smallest absolute Gasteiger partial charge is 0.305 e. The van der Waals surface area contributed by atoms with Crippen LogP contribution < -0.4 is 0 Å². The Bertz CT molecular complexity index is 268. The minimum Gasteiger partial charge on any atom is -0.461 e. The van der Waals surface area contributed by atoms with Gasteiger partial charge in [-0.05, 0) is 0 Å². The molecule has 0 fully saturated rings. The Morgan fingerprint density at radius 1 is 1.75 bits per heavy atom. The molecule has 0 atom stereocenters. The van der Waals surface area contributed by atoms with Gasteiger partial charge in [0.25, 0.3) is 0 Å². The van der Waals surface area contributed by atoms with Crippen LogP contribution in [-0.4, -0.2) is 15.7 Å². The average molecular weight is 168 g/mol. The van der Waals surface area contributed by atoms with Gasteiger partial charge in [-0.1, -0.05) is 6.92 Å². The SMILES string of the molecule is CCC(=O)OCc1cnn(C)c1. The molecule has 12 heavy (non-hydrogen) atoms. The van der Waals surface area contributed by atoms with E-state index in [1.165, 1.54) is 0 Å². The molecule has 0 N–H and O–H groups in total. The Morgan fingerprint density at radius 2 is 2.50 bits per heavy atom. The quantitative estimate of drug-likeness (QED) is 0.629. The molecule has 66 valence electrons. The molecule has 0 saturated heterocycles. The van der Waals surface area contributed by atoms with E-state index in [1.54, 1.807) is 17.8 Å². The third-order valence-corrected chi connectivity index (χ3v) is 1.45. The van der Waals surface area contributed by atoms with Gasteiger partial charge in [-0.2, -0.15) is 5.10 Å². The lowest BCUT2D eigenvalue weighted by atomic mass is 10.4. The highest BCUT2D eigenvalue weighted by Crippen LogP contribution is 1.99. The molecule has 1 heterocycles. The first-order valence-corrected chi connectivity index (χ1v) is 3.85. The maximum Gasteiger partial charge on any atom is 0.305 e. The molecule has 1 aromatic rings. The Balaban J connectivity index is 2.38. The van der Waals surface area contributed by atoms with E-state index in [9.17, 15) is 4.79 Å². The number of hydrogen-bond donors (Lipinski definition) is 0. The number of rotatable bonds is 3. The van der Waals surface area contributed by atoms with Crippen LogP contribution in [0.2, 0.25) is 0 Å². The molecule has 1 aromatic heterocycles. The van der Waals surface area contributed by atoms with Gasteiger partial charge in [-0.25, -0.2) is 0 Å². The molecule has 0 aromatic carbocycles. The van der Waals surface area contributed by atoms with E-state index in [2.05, 4.69) is 5.10 Å². The van der Waals surface area contributed by atoms with Crippen molar-refractivity contribution in [2.75, 3.05) is 0 Å². The van der Waals surface area contributed by atoms with Crippen LogP contribution in [0.3, 0.4) is 0 Å². The highest BCUT2D eigenvalue weighted by Gasteiger charge is 2.00. The zero-order chi connectivity index (χ0) is 8.97. The van der Waals surface area contributed by atoms with Gasteiger partial charge in [-0.15, -0.1) is 0 Å². The first-order chi connectivity index (χ1) is 5.72. The molecule has 0 saturated carbocycles. The second-order valence-corrected chi connectivity index (χ2v) is 2.54. The van der Waals surface area contributed by atoms with Crippen LogP contribution in [0.1, 0.15) is 18.9 Å². The summed E-state index contributed by atoms with van der Waals surface area (Å²) in [5.41, 5.74) is 0.916. The molecule has 0 bridgehead atoms. The minimum absolute atomic E-state index is 0.182. The summed E-state index contributed by atoms with van der Waals surface area (Å²) in [7, 11) is 1.82. The van der Waals surface area contributed by atoms with Crippen molar-refractivity contribution in [3.05, 3.63) is 18.0 Å². The zero-order valence-corrected chi connectivity index (χ0v) is 7.28. The van der Waals surface area contributed by atoms with Crippen molar-refractivity contribution in [2.45, 2.75) is 20.0 Å². The van der Waals surface area contributed by atoms with E-state index >= 15 is 0 Å². The predicted molar refractivity (Wildman–Crippen MR) is 43.3 cm³/mol. The monoisotopic (exact) mass is 168 g/mol. The molecule has 4 heteroatoms. The second kappa shape index (κ2) is 3.90. The van der Waals surface area contributed by atoms with Crippen LogP contribution in [0.15, 0.2) is 12.4 Å². The fraction of sp³-hybridized carbons (Fsp3) is 0.500. The molecule has 0 unspecified atom stereocenters. The summed E-state index contributed by atoms with van der Waals surface area (Å²) < 4.78 is 6.57. The summed E-state index contributed by atoms with van der Waals surface area (Å²) in [6.07, 6.45) is 3.92. The maximum atomic E-state index is 10.7. The number of carbonyl (C=O) groups excluding carboxylic acids is 1. The van der Waals surface area contributed by atoms with Crippen molar-refractivity contribution in [1.29, 1.82) is 0 Å². The van der Waals surface area contributed by atoms with E-state index in [0.717, 1.165) is 5.56 Å². The Labute approximate surface area is 71.1 Å². The van der Waals surface area contributed by atoms with E-state index < -0.39 is 0 Å². The van der Waals surface area contributed by atoms with Gasteiger partial charge < -0.3 is 4.74 Å². The van der Waals surface area contributed by atoms with Gasteiger partial charge in [0, 0.05) is 25.2 Å². The number of carbonyl (C=O) groups is 1. The molecule has 4 nitrogen and oxygen atoms in total. The Hall–Kier alpha value is -1.32. The Morgan fingerprint density at radius 3 is 3.00 bits per heavy atom. The molecular formula is C8H12N2O2. The summed E-state index contributed by atoms with van der Waals surface area (Å²) in [5.74, 6) is -0.182. The van der Waals surface area contributed by atoms with Crippen LogP contribution >= 0.6 is 0 Å². The number of aromatic nitrogens is 2. The van der Waals surface area contributed by atoms with Gasteiger partial charge in [-0.3, -0.25) is 9.48 Å². The van der Waals surface area contributed by atoms with Crippen molar-refractivity contribution in [3.63, 3.8) is 0 Å². The first-order valence-electron chi connectivity index (χ1n) is 3.85. The van der Waals surface area contributed by atoms with Crippen LogP contribution in [-0.2, 0) is 23.2 Å². The van der Waals surface area contributed by atoms with Crippen molar-refractivity contribution in [2.24, 2.45) is 7.05 Å². The van der Waals surface area contributed by atoms with Gasteiger partial charge in [0.05, 0.1) is 6.20 Å². The first kappa shape index (κ1) is 8.77. The molecule has 0 spiro atoms. The lowest BCUT2D eigenvalue weighted by molar-refractivity contribution is -0.144. The van der Waals surface area contributed by atoms with Crippen LogP contribution in [0.4, 0.5) is 0 Å². The molecule has 0 amide bonds. The third-order valence-electron chi connectivity index (χ3n) is 1.45. The van der Waals surface area contributed by atoms with Crippen molar-refractivity contribution in [1.82, 2.24) is 9.78 Å². The summed E-state index contributed by atoms with van der Waals surface area (Å²) in [4.78, 5) is 10.7. The normalized spacial score (nSPS) is 9.83.